The van der Waals surface area contributed by atoms with Crippen LogP contribution in [0.25, 0.3) is 0 Å². The van der Waals surface area contributed by atoms with Crippen LogP contribution >= 0.6 is 0 Å². The summed E-state index contributed by atoms with van der Waals surface area (Å²) in [6.07, 6.45) is 2.29. The molecule has 2 bridgehead atoms. The van der Waals surface area contributed by atoms with Crippen molar-refractivity contribution < 1.29 is 19.1 Å². The highest BCUT2D eigenvalue weighted by molar-refractivity contribution is 5.74. The van der Waals surface area contributed by atoms with Crippen LogP contribution in [-0.2, 0) is 19.1 Å². The van der Waals surface area contributed by atoms with E-state index in [0.717, 1.165) is 12.8 Å². The highest BCUT2D eigenvalue weighted by atomic mass is 16.5. The zero-order chi connectivity index (χ0) is 11.7. The number of hydrogen-bond donors (Lipinski definition) is 1. The fourth-order valence-electron chi connectivity index (χ4n) is 2.75. The van der Waals surface area contributed by atoms with Gasteiger partial charge >= 0.3 is 11.9 Å². The van der Waals surface area contributed by atoms with Crippen molar-refractivity contribution in [3.63, 3.8) is 0 Å². The maximum Gasteiger partial charge on any atom is 0.310 e. The largest absolute Gasteiger partial charge is 0.469 e. The van der Waals surface area contributed by atoms with Crippen LogP contribution < -0.4 is 5.32 Å². The van der Waals surface area contributed by atoms with Crippen molar-refractivity contribution in [2.24, 2.45) is 5.92 Å². The molecule has 16 heavy (non-hydrogen) atoms. The number of nitrogens with one attached hydrogen (secondary N) is 1. The molecule has 0 radical (unpaired) electrons. The summed E-state index contributed by atoms with van der Waals surface area (Å²) >= 11 is 0. The molecule has 1 N–H and O–H groups in total. The van der Waals surface area contributed by atoms with Crippen molar-refractivity contribution in [3.8, 4) is 0 Å². The van der Waals surface area contributed by atoms with Gasteiger partial charge in [0.05, 0.1) is 13.0 Å². The fourth-order valence-corrected chi connectivity index (χ4v) is 2.75. The maximum absolute atomic E-state index is 11.5. The van der Waals surface area contributed by atoms with E-state index < -0.39 is 0 Å². The Labute approximate surface area is 94.5 Å². The highest BCUT2D eigenvalue weighted by Crippen LogP contribution is 2.34. The second kappa shape index (κ2) is 4.41. The molecule has 5 heteroatoms. The van der Waals surface area contributed by atoms with E-state index in [1.54, 1.807) is 0 Å². The van der Waals surface area contributed by atoms with Gasteiger partial charge in [0.15, 0.2) is 0 Å². The molecule has 5 nitrogen and oxygen atoms in total. The molecule has 0 spiro atoms. The third kappa shape index (κ3) is 2.04. The van der Waals surface area contributed by atoms with Gasteiger partial charge in [-0.3, -0.25) is 9.59 Å². The van der Waals surface area contributed by atoms with Gasteiger partial charge < -0.3 is 14.8 Å². The minimum atomic E-state index is -0.258. The van der Waals surface area contributed by atoms with E-state index >= 15 is 0 Å². The molecule has 2 fully saturated rings. The molecule has 2 rings (SSSR count). The highest BCUT2D eigenvalue weighted by Gasteiger charge is 2.46. The van der Waals surface area contributed by atoms with Gasteiger partial charge in [0, 0.05) is 19.0 Å². The third-order valence-corrected chi connectivity index (χ3v) is 3.45. The zero-order valence-electron chi connectivity index (χ0n) is 9.56. The molecule has 4 unspecified atom stereocenters. The quantitative estimate of drug-likeness (QED) is 0.684. The second-order valence-electron chi connectivity index (χ2n) is 4.47. The van der Waals surface area contributed by atoms with E-state index in [2.05, 4.69) is 5.32 Å². The molecule has 0 amide bonds. The lowest BCUT2D eigenvalue weighted by molar-refractivity contribution is -0.149. The number of carbonyl (C=O) groups is 2. The van der Waals surface area contributed by atoms with E-state index in [9.17, 15) is 9.59 Å². The smallest absolute Gasteiger partial charge is 0.310 e. The molecular formula is C11H17NO4. The van der Waals surface area contributed by atoms with Crippen LogP contribution in [0.5, 0.6) is 0 Å². The maximum atomic E-state index is 11.5. The molecule has 0 aromatic rings. The predicted molar refractivity (Wildman–Crippen MR) is 55.6 cm³/mol. The Morgan fingerprint density at radius 1 is 1.25 bits per heavy atom. The average molecular weight is 227 g/mol. The minimum Gasteiger partial charge on any atom is -0.469 e. The Kier molecular flexibility index (Phi) is 3.14. The van der Waals surface area contributed by atoms with Crippen molar-refractivity contribution in [2.45, 2.75) is 44.4 Å². The molecule has 2 saturated heterocycles. The van der Waals surface area contributed by atoms with Crippen LogP contribution in [-0.4, -0.2) is 37.2 Å². The zero-order valence-corrected chi connectivity index (χ0v) is 9.56. The van der Waals surface area contributed by atoms with Crippen LogP contribution in [0.3, 0.4) is 0 Å². The molecule has 0 aliphatic carbocycles. The number of ether oxygens (including phenoxy) is 2. The SMILES string of the molecule is COC(=O)C1CC2NC1CCC2OC(C)=O. The lowest BCUT2D eigenvalue weighted by Crippen LogP contribution is -2.46. The van der Waals surface area contributed by atoms with Gasteiger partial charge in [-0.25, -0.2) is 0 Å². The molecule has 2 aliphatic heterocycles. The monoisotopic (exact) mass is 227 g/mol. The molecule has 90 valence electrons. The van der Waals surface area contributed by atoms with Gasteiger partial charge in [0.25, 0.3) is 0 Å². The van der Waals surface area contributed by atoms with Gasteiger partial charge in [0.2, 0.25) is 0 Å². The second-order valence-corrected chi connectivity index (χ2v) is 4.47. The van der Waals surface area contributed by atoms with Gasteiger partial charge in [0.1, 0.15) is 6.10 Å². The number of carbonyl (C=O) groups excluding carboxylic acids is 2. The summed E-state index contributed by atoms with van der Waals surface area (Å²) in [4.78, 5) is 22.4. The molecule has 0 aromatic heterocycles. The first-order chi connectivity index (χ1) is 7.61. The average Bonchev–Trinajstić information content (AvgIpc) is 2.60. The van der Waals surface area contributed by atoms with Crippen molar-refractivity contribution in [2.75, 3.05) is 7.11 Å². The van der Waals surface area contributed by atoms with Crippen LogP contribution in [0, 0.1) is 5.92 Å². The fraction of sp³-hybridized carbons (Fsp3) is 0.818. The van der Waals surface area contributed by atoms with E-state index in [4.69, 9.17) is 9.47 Å². The van der Waals surface area contributed by atoms with Gasteiger partial charge in [-0.15, -0.1) is 0 Å². The van der Waals surface area contributed by atoms with E-state index in [1.165, 1.54) is 14.0 Å². The predicted octanol–water partition coefficient (Wildman–Crippen LogP) is 0.232. The standard InChI is InChI=1S/C11H17NO4/c1-6(13)16-10-4-3-8-7(11(14)15-2)5-9(10)12-8/h7-10,12H,3-5H2,1-2H3. The van der Waals surface area contributed by atoms with Gasteiger partial charge in [-0.05, 0) is 19.3 Å². The third-order valence-electron chi connectivity index (χ3n) is 3.45. The number of piperidine rings is 1. The normalized spacial score (nSPS) is 36.9. The first-order valence-electron chi connectivity index (χ1n) is 5.63. The molecule has 0 saturated carbocycles. The summed E-state index contributed by atoms with van der Waals surface area (Å²) < 4.78 is 10.0. The summed E-state index contributed by atoms with van der Waals surface area (Å²) in [6, 6.07) is 0.288. The first-order valence-corrected chi connectivity index (χ1v) is 5.63. The first kappa shape index (κ1) is 11.4. The van der Waals surface area contributed by atoms with E-state index in [-0.39, 0.29) is 36.0 Å². The minimum absolute atomic E-state index is 0.0874. The van der Waals surface area contributed by atoms with Crippen molar-refractivity contribution in [1.29, 1.82) is 0 Å². The van der Waals surface area contributed by atoms with E-state index in [1.807, 2.05) is 0 Å². The number of hydrogen-bond acceptors (Lipinski definition) is 5. The Hall–Kier alpha value is -1.10. The number of esters is 2. The topological polar surface area (TPSA) is 64.6 Å². The lowest BCUT2D eigenvalue weighted by atomic mass is 9.99. The van der Waals surface area contributed by atoms with Crippen LogP contribution in [0.15, 0.2) is 0 Å². The van der Waals surface area contributed by atoms with Gasteiger partial charge in [-0.2, -0.15) is 0 Å². The molecule has 2 aliphatic rings. The Bertz CT molecular complexity index is 304. The Morgan fingerprint density at radius 3 is 2.62 bits per heavy atom. The Balaban J connectivity index is 2.00. The van der Waals surface area contributed by atoms with Crippen molar-refractivity contribution >= 4 is 11.9 Å². The van der Waals surface area contributed by atoms with Gasteiger partial charge in [-0.1, -0.05) is 0 Å². The summed E-state index contributed by atoms with van der Waals surface area (Å²) in [5, 5.41) is 3.33. The molecule has 2 heterocycles. The summed E-state index contributed by atoms with van der Waals surface area (Å²) in [5.41, 5.74) is 0. The summed E-state index contributed by atoms with van der Waals surface area (Å²) in [5.74, 6) is -0.509. The molecular weight excluding hydrogens is 210 g/mol. The van der Waals surface area contributed by atoms with Crippen molar-refractivity contribution in [3.05, 3.63) is 0 Å². The van der Waals surface area contributed by atoms with Crippen LogP contribution in [0.2, 0.25) is 0 Å². The van der Waals surface area contributed by atoms with E-state index in [0.29, 0.717) is 6.42 Å². The summed E-state index contributed by atoms with van der Waals surface area (Å²) in [7, 11) is 1.41. The lowest BCUT2D eigenvalue weighted by Gasteiger charge is -2.29. The number of methoxy groups -OCH3 is 1. The Morgan fingerprint density at radius 2 is 2.00 bits per heavy atom. The molecule has 0 aromatic carbocycles. The van der Waals surface area contributed by atoms with Crippen LogP contribution in [0.1, 0.15) is 26.2 Å². The number of rotatable bonds is 2. The summed E-state index contributed by atoms with van der Waals surface area (Å²) in [6.45, 7) is 1.42. The number of fused-ring (bicyclic) bond motifs is 2. The van der Waals surface area contributed by atoms with Crippen LogP contribution in [0.4, 0.5) is 0 Å². The molecule has 4 atom stereocenters. The van der Waals surface area contributed by atoms with Crippen molar-refractivity contribution in [1.82, 2.24) is 5.32 Å².